The molecule has 0 saturated heterocycles. The zero-order valence-corrected chi connectivity index (χ0v) is 5.31. The minimum atomic E-state index is 0.805. The number of nitrogens with one attached hydrogen (secondary N) is 1. The van der Waals surface area contributed by atoms with Gasteiger partial charge < -0.3 is 11.0 Å². The van der Waals surface area contributed by atoms with E-state index in [9.17, 15) is 0 Å². The van der Waals surface area contributed by atoms with E-state index >= 15 is 0 Å². The first-order valence-electron chi connectivity index (χ1n) is 3.32. The second-order valence-electron chi connectivity index (χ2n) is 1.83. The first-order chi connectivity index (χ1) is 4.86. The van der Waals surface area contributed by atoms with Crippen molar-refractivity contribution in [1.82, 2.24) is 0 Å². The van der Waals surface area contributed by atoms with Crippen LogP contribution in [0.2, 0.25) is 1.41 Å². The highest BCUT2D eigenvalue weighted by molar-refractivity contribution is 5.50. The molecule has 0 aromatic heterocycles. The molecular weight excluding hydrogens is 112 g/mol. The van der Waals surface area contributed by atoms with Gasteiger partial charge in [-0.1, -0.05) is 0 Å². The maximum absolute atomic E-state index is 6.80. The van der Waals surface area contributed by atoms with Crippen LogP contribution in [0.1, 0.15) is 0 Å². The van der Waals surface area contributed by atoms with E-state index in [4.69, 9.17) is 1.41 Å². The quantitative estimate of drug-likeness (QED) is 0.583. The zero-order valence-electron chi connectivity index (χ0n) is 6.31. The number of rotatable bonds is 2. The summed E-state index contributed by atoms with van der Waals surface area (Å²) in [5.41, 5.74) is 4.16. The number of benzene rings is 1. The molecule has 1 aromatic rings. The van der Waals surface area contributed by atoms with Crippen molar-refractivity contribution in [2.75, 3.05) is 18.1 Å². The molecule has 0 bridgehead atoms. The molecule has 2 heteroatoms. The normalized spacial score (nSPS) is 10.1. The van der Waals surface area contributed by atoms with E-state index in [1.165, 1.54) is 0 Å². The maximum atomic E-state index is 6.80. The average Bonchev–Trinajstić information content (AvgIpc) is 2.05. The molecule has 0 atom stereocenters. The van der Waals surface area contributed by atoms with E-state index < -0.39 is 0 Å². The largest absolute Gasteiger partial charge is 0.399 e. The highest BCUT2D eigenvalue weighted by atomic mass is 14.8. The number of hydrogen-bond acceptors (Lipinski definition) is 2. The molecule has 0 saturated carbocycles. The Balaban J connectivity index is 2.80. The third kappa shape index (κ3) is 1.35. The molecule has 2 nitrogen and oxygen atoms in total. The lowest BCUT2D eigenvalue weighted by Crippen LogP contribution is -1.88. The SMILES string of the molecule is [3H]Nc1ccc(NC)cc1. The summed E-state index contributed by atoms with van der Waals surface area (Å²) in [6.07, 6.45) is 0. The Bertz CT molecular complexity index is 172. The minimum absolute atomic E-state index is 0.805. The predicted molar refractivity (Wildman–Crippen MR) is 40.4 cm³/mol. The second kappa shape index (κ2) is 2.40. The van der Waals surface area contributed by atoms with Crippen LogP contribution in [-0.2, 0) is 0 Å². The predicted octanol–water partition coefficient (Wildman–Crippen LogP) is 1.31. The summed E-state index contributed by atoms with van der Waals surface area (Å²) in [6, 6.07) is 7.52. The van der Waals surface area contributed by atoms with Crippen LogP contribution in [-0.4, -0.2) is 7.05 Å². The molecule has 9 heavy (non-hydrogen) atoms. The maximum Gasteiger partial charge on any atom is 0.156 e. The van der Waals surface area contributed by atoms with Crippen molar-refractivity contribution in [3.63, 3.8) is 0 Å². The highest BCUT2D eigenvalue weighted by Crippen LogP contribution is 2.08. The third-order valence-electron chi connectivity index (χ3n) is 1.17. The van der Waals surface area contributed by atoms with Crippen LogP contribution in [0.15, 0.2) is 24.3 Å². The second-order valence-corrected chi connectivity index (χ2v) is 1.83. The summed E-state index contributed by atoms with van der Waals surface area (Å²) in [6.45, 7) is 0. The highest BCUT2D eigenvalue weighted by Gasteiger charge is 1.84. The van der Waals surface area contributed by atoms with E-state index in [-0.39, 0.29) is 0 Å². The number of anilines is 2. The van der Waals surface area contributed by atoms with Gasteiger partial charge in [0.2, 0.25) is 0 Å². The van der Waals surface area contributed by atoms with Gasteiger partial charge in [0, 0.05) is 18.4 Å². The molecule has 3 N–H and O–H groups in total. The number of hydrogen-bond donors (Lipinski definition) is 2. The van der Waals surface area contributed by atoms with E-state index in [0.717, 1.165) is 11.4 Å². The summed E-state index contributed by atoms with van der Waals surface area (Å²) in [5, 5.41) is 2.99. The van der Waals surface area contributed by atoms with Gasteiger partial charge in [0.15, 0.2) is 1.41 Å². The van der Waals surface area contributed by atoms with Crippen LogP contribution in [0, 0.1) is 0 Å². The molecule has 1 rings (SSSR count). The number of nitrogen functional groups attached to an aromatic ring is 1. The van der Waals surface area contributed by atoms with Crippen molar-refractivity contribution in [2.24, 2.45) is 0 Å². The van der Waals surface area contributed by atoms with Crippen molar-refractivity contribution in [3.05, 3.63) is 24.3 Å². The van der Waals surface area contributed by atoms with Crippen LogP contribution in [0.5, 0.6) is 0 Å². The van der Waals surface area contributed by atoms with Crippen molar-refractivity contribution in [2.45, 2.75) is 0 Å². The summed E-state index contributed by atoms with van der Waals surface area (Å²) in [5.74, 6) is 0. The van der Waals surface area contributed by atoms with Gasteiger partial charge in [-0.25, -0.2) is 0 Å². The third-order valence-corrected chi connectivity index (χ3v) is 1.17. The molecule has 0 unspecified atom stereocenters. The Labute approximate surface area is 56.1 Å². The number of nitrogens with two attached hydrogens (primary N) is 1. The van der Waals surface area contributed by atoms with Gasteiger partial charge in [0.25, 0.3) is 0 Å². The van der Waals surface area contributed by atoms with E-state index in [2.05, 4.69) is 11.0 Å². The summed E-state index contributed by atoms with van der Waals surface area (Å²) in [7, 11) is 1.86. The lowest BCUT2D eigenvalue weighted by Gasteiger charge is -1.97. The zero-order chi connectivity index (χ0) is 7.40. The molecule has 0 heterocycles. The van der Waals surface area contributed by atoms with Gasteiger partial charge in [-0.05, 0) is 24.3 Å². The fourth-order valence-electron chi connectivity index (χ4n) is 0.637. The van der Waals surface area contributed by atoms with Crippen molar-refractivity contribution in [3.8, 4) is 0 Å². The summed E-state index contributed by atoms with van der Waals surface area (Å²) in [4.78, 5) is 0. The van der Waals surface area contributed by atoms with Gasteiger partial charge in [0.05, 0.1) is 0 Å². The summed E-state index contributed by atoms with van der Waals surface area (Å²) < 4.78 is 6.80. The van der Waals surface area contributed by atoms with Gasteiger partial charge in [-0.3, -0.25) is 0 Å². The molecule has 0 radical (unpaired) electrons. The Morgan fingerprint density at radius 3 is 2.56 bits per heavy atom. The molecule has 0 aliphatic rings. The average molecular weight is 124 g/mol. The first-order valence-corrected chi connectivity index (χ1v) is 2.82. The molecule has 0 spiro atoms. The van der Waals surface area contributed by atoms with Crippen LogP contribution in [0.3, 0.4) is 0 Å². The lowest BCUT2D eigenvalue weighted by molar-refractivity contribution is 1.51. The molecule has 0 fully saturated rings. The Morgan fingerprint density at radius 1 is 1.44 bits per heavy atom. The van der Waals surface area contributed by atoms with Gasteiger partial charge in [-0.15, -0.1) is 0 Å². The Kier molecular flexibility index (Phi) is 1.24. The van der Waals surface area contributed by atoms with Gasteiger partial charge in [0.1, 0.15) is 0 Å². The fraction of sp³-hybridized carbons (Fsp3) is 0.143. The Morgan fingerprint density at radius 2 is 2.11 bits per heavy atom. The van der Waals surface area contributed by atoms with E-state index in [0.29, 0.717) is 0 Å². The standard InChI is InChI=1S/C7H10N2/c1-9-7-4-2-6(8)3-5-7/h2-5,9H,8H2,1H3/i/hT. The van der Waals surface area contributed by atoms with Crippen molar-refractivity contribution < 1.29 is 1.41 Å². The Hall–Kier alpha value is -1.18. The molecular formula is C7H10N2. The van der Waals surface area contributed by atoms with Crippen LogP contribution in [0.4, 0.5) is 11.4 Å². The summed E-state index contributed by atoms with van der Waals surface area (Å²) >= 11 is 0. The topological polar surface area (TPSA) is 38.0 Å². The van der Waals surface area contributed by atoms with E-state index in [1.54, 1.807) is 0 Å². The van der Waals surface area contributed by atoms with Gasteiger partial charge >= 0.3 is 0 Å². The van der Waals surface area contributed by atoms with Crippen molar-refractivity contribution in [1.29, 1.82) is 0 Å². The minimum Gasteiger partial charge on any atom is -0.399 e. The molecule has 0 aliphatic carbocycles. The van der Waals surface area contributed by atoms with Crippen LogP contribution >= 0.6 is 0 Å². The molecule has 48 valence electrons. The molecule has 0 aliphatic heterocycles. The molecule has 0 amide bonds. The van der Waals surface area contributed by atoms with Crippen LogP contribution < -0.4 is 11.0 Å². The monoisotopic (exact) mass is 124 g/mol. The smallest absolute Gasteiger partial charge is 0.156 e. The fourth-order valence-corrected chi connectivity index (χ4v) is 0.637. The first kappa shape index (κ1) is 4.68. The lowest BCUT2D eigenvalue weighted by atomic mass is 10.3. The van der Waals surface area contributed by atoms with Gasteiger partial charge in [-0.2, -0.15) is 0 Å². The van der Waals surface area contributed by atoms with E-state index in [1.807, 2.05) is 31.3 Å². The molecule has 1 aromatic carbocycles. The van der Waals surface area contributed by atoms with Crippen molar-refractivity contribution >= 4 is 11.4 Å². The van der Waals surface area contributed by atoms with Crippen LogP contribution in [0.25, 0.3) is 0 Å².